The van der Waals surface area contributed by atoms with Crippen molar-refractivity contribution in [1.29, 1.82) is 0 Å². The average Bonchev–Trinajstić information content (AvgIpc) is 2.50. The molecule has 0 spiro atoms. The van der Waals surface area contributed by atoms with Crippen molar-refractivity contribution in [2.45, 2.75) is 17.2 Å². The summed E-state index contributed by atoms with van der Waals surface area (Å²) < 4.78 is 1.03. The third kappa shape index (κ3) is 3.40. The predicted molar refractivity (Wildman–Crippen MR) is 48.7 cm³/mol. The summed E-state index contributed by atoms with van der Waals surface area (Å²) in [5.41, 5.74) is 1.74. The second kappa shape index (κ2) is 5.16. The molecule has 0 aliphatic heterocycles. The highest BCUT2D eigenvalue weighted by atomic mass is 32.2. The summed E-state index contributed by atoms with van der Waals surface area (Å²) >= 11 is 3.29. The number of terminal acetylenes is 1. The molecule has 0 fully saturated rings. The van der Waals surface area contributed by atoms with Crippen LogP contribution in [0.15, 0.2) is 9.85 Å². The van der Waals surface area contributed by atoms with Crippen molar-refractivity contribution in [2.75, 3.05) is 5.75 Å². The smallest absolute Gasteiger partial charge is 0.146 e. The molecule has 2 nitrogen and oxygen atoms in total. The van der Waals surface area contributed by atoms with Crippen molar-refractivity contribution < 1.29 is 0 Å². The molecule has 0 saturated heterocycles. The van der Waals surface area contributed by atoms with Gasteiger partial charge in [0.25, 0.3) is 0 Å². The molecule has 0 aromatic carbocycles. The Bertz CT molecular complexity index is 225. The molecule has 0 aliphatic rings. The number of thioether (sulfide) groups is 1. The van der Waals surface area contributed by atoms with Gasteiger partial charge in [0.1, 0.15) is 5.51 Å². The highest BCUT2D eigenvalue weighted by molar-refractivity contribution is 8.00. The maximum Gasteiger partial charge on any atom is 0.174 e. The molecule has 1 aromatic heterocycles. The van der Waals surface area contributed by atoms with Crippen LogP contribution in [0.1, 0.15) is 12.8 Å². The first-order valence-corrected chi connectivity index (χ1v) is 5.12. The van der Waals surface area contributed by atoms with Gasteiger partial charge >= 0.3 is 0 Å². The van der Waals surface area contributed by atoms with Crippen LogP contribution in [0.25, 0.3) is 0 Å². The second-order valence-electron chi connectivity index (χ2n) is 1.86. The summed E-state index contributed by atoms with van der Waals surface area (Å²) in [6.45, 7) is 0. The van der Waals surface area contributed by atoms with E-state index in [0.717, 1.165) is 22.9 Å². The van der Waals surface area contributed by atoms with Gasteiger partial charge in [-0.25, -0.2) is 0 Å². The molecule has 0 atom stereocenters. The van der Waals surface area contributed by atoms with Crippen LogP contribution < -0.4 is 0 Å². The van der Waals surface area contributed by atoms with E-state index < -0.39 is 0 Å². The molecular weight excluding hydrogens is 176 g/mol. The number of rotatable bonds is 4. The normalized spacial score (nSPS) is 9.36. The summed E-state index contributed by atoms with van der Waals surface area (Å²) in [6, 6.07) is 0. The van der Waals surface area contributed by atoms with Crippen molar-refractivity contribution in [3.63, 3.8) is 0 Å². The first-order valence-electron chi connectivity index (χ1n) is 3.26. The molecule has 0 aliphatic carbocycles. The molecule has 0 unspecified atom stereocenters. The first-order chi connectivity index (χ1) is 5.43. The van der Waals surface area contributed by atoms with E-state index in [9.17, 15) is 0 Å². The van der Waals surface area contributed by atoms with Crippen molar-refractivity contribution in [2.24, 2.45) is 0 Å². The fourth-order valence-electron chi connectivity index (χ4n) is 0.560. The maximum atomic E-state index is 5.10. The number of unbranched alkanes of at least 4 members (excludes halogenated alkanes) is 1. The summed E-state index contributed by atoms with van der Waals surface area (Å²) in [7, 11) is 0. The maximum absolute atomic E-state index is 5.10. The molecule has 0 amide bonds. The van der Waals surface area contributed by atoms with E-state index in [1.54, 1.807) is 28.6 Å². The van der Waals surface area contributed by atoms with Gasteiger partial charge in [0, 0.05) is 12.2 Å². The standard InChI is InChI=1S/C7H8N2S2/c1-2-3-4-5-10-7-9-8-6-11-7/h1,6H,3-5H2. The van der Waals surface area contributed by atoms with Gasteiger partial charge in [0.2, 0.25) is 0 Å². The van der Waals surface area contributed by atoms with Gasteiger partial charge in [-0.15, -0.1) is 22.5 Å². The van der Waals surface area contributed by atoms with E-state index >= 15 is 0 Å². The van der Waals surface area contributed by atoms with Gasteiger partial charge in [-0.1, -0.05) is 23.1 Å². The first kappa shape index (κ1) is 8.57. The van der Waals surface area contributed by atoms with Crippen LogP contribution in [0.3, 0.4) is 0 Å². The molecular formula is C7H8N2S2. The molecule has 0 radical (unpaired) electrons. The number of nitrogens with zero attached hydrogens (tertiary/aromatic N) is 2. The van der Waals surface area contributed by atoms with Crippen LogP contribution in [0.4, 0.5) is 0 Å². The minimum atomic E-state index is 0.853. The SMILES string of the molecule is C#CCCCSc1nncs1. The molecule has 58 valence electrons. The van der Waals surface area contributed by atoms with Gasteiger partial charge in [-0.05, 0) is 6.42 Å². The van der Waals surface area contributed by atoms with E-state index in [1.807, 2.05) is 0 Å². The van der Waals surface area contributed by atoms with E-state index in [1.165, 1.54) is 0 Å². The van der Waals surface area contributed by atoms with Gasteiger partial charge < -0.3 is 0 Å². The fourth-order valence-corrected chi connectivity index (χ4v) is 2.06. The lowest BCUT2D eigenvalue weighted by Gasteiger charge is -1.91. The van der Waals surface area contributed by atoms with Crippen molar-refractivity contribution in [1.82, 2.24) is 10.2 Å². The largest absolute Gasteiger partial charge is 0.174 e. The lowest BCUT2D eigenvalue weighted by atomic mass is 10.4. The van der Waals surface area contributed by atoms with E-state index in [-0.39, 0.29) is 0 Å². The van der Waals surface area contributed by atoms with Gasteiger partial charge in [-0.3, -0.25) is 0 Å². The molecule has 1 aromatic rings. The van der Waals surface area contributed by atoms with Crippen LogP contribution in [0.5, 0.6) is 0 Å². The third-order valence-corrected chi connectivity index (χ3v) is 2.98. The number of aromatic nitrogens is 2. The lowest BCUT2D eigenvalue weighted by Crippen LogP contribution is -1.77. The Balaban J connectivity index is 2.10. The fraction of sp³-hybridized carbons (Fsp3) is 0.429. The Hall–Kier alpha value is -0.530. The Labute approximate surface area is 74.4 Å². The van der Waals surface area contributed by atoms with E-state index in [2.05, 4.69) is 16.1 Å². The van der Waals surface area contributed by atoms with Crippen LogP contribution in [-0.4, -0.2) is 16.0 Å². The Morgan fingerprint density at radius 1 is 1.73 bits per heavy atom. The topological polar surface area (TPSA) is 25.8 Å². The predicted octanol–water partition coefficient (Wildman–Crippen LogP) is 2.04. The van der Waals surface area contributed by atoms with E-state index in [0.29, 0.717) is 0 Å². The van der Waals surface area contributed by atoms with Crippen molar-refractivity contribution >= 4 is 23.1 Å². The molecule has 0 N–H and O–H groups in total. The zero-order valence-corrected chi connectivity index (χ0v) is 7.62. The minimum absolute atomic E-state index is 0.853. The summed E-state index contributed by atoms with van der Waals surface area (Å²) in [6.07, 6.45) is 7.01. The Morgan fingerprint density at radius 3 is 3.27 bits per heavy atom. The van der Waals surface area contributed by atoms with E-state index in [4.69, 9.17) is 6.42 Å². The molecule has 1 rings (SSSR count). The molecule has 1 heterocycles. The number of hydrogen-bond acceptors (Lipinski definition) is 4. The average molecular weight is 184 g/mol. The quantitative estimate of drug-likeness (QED) is 0.407. The van der Waals surface area contributed by atoms with Crippen LogP contribution in [0, 0.1) is 12.3 Å². The van der Waals surface area contributed by atoms with Gasteiger partial charge in [-0.2, -0.15) is 0 Å². The summed E-state index contributed by atoms with van der Waals surface area (Å²) in [4.78, 5) is 0. The molecule has 0 bridgehead atoms. The summed E-state index contributed by atoms with van der Waals surface area (Å²) in [5, 5.41) is 7.62. The zero-order chi connectivity index (χ0) is 7.94. The lowest BCUT2D eigenvalue weighted by molar-refractivity contribution is 0.982. The number of hydrogen-bond donors (Lipinski definition) is 0. The highest BCUT2D eigenvalue weighted by Gasteiger charge is 1.95. The van der Waals surface area contributed by atoms with Gasteiger partial charge in [0.05, 0.1) is 0 Å². The monoisotopic (exact) mass is 184 g/mol. The molecule has 0 saturated carbocycles. The third-order valence-electron chi connectivity index (χ3n) is 1.03. The van der Waals surface area contributed by atoms with Crippen LogP contribution >= 0.6 is 23.1 Å². The van der Waals surface area contributed by atoms with Crippen molar-refractivity contribution in [3.8, 4) is 12.3 Å². The Kier molecular flexibility index (Phi) is 4.02. The highest BCUT2D eigenvalue weighted by Crippen LogP contribution is 2.19. The van der Waals surface area contributed by atoms with Crippen LogP contribution in [0.2, 0.25) is 0 Å². The Morgan fingerprint density at radius 2 is 2.64 bits per heavy atom. The summed E-state index contributed by atoms with van der Waals surface area (Å²) in [5.74, 6) is 3.64. The molecule has 11 heavy (non-hydrogen) atoms. The van der Waals surface area contributed by atoms with Gasteiger partial charge in [0.15, 0.2) is 4.34 Å². The van der Waals surface area contributed by atoms with Crippen molar-refractivity contribution in [3.05, 3.63) is 5.51 Å². The van der Waals surface area contributed by atoms with Crippen LogP contribution in [-0.2, 0) is 0 Å². The molecule has 4 heteroatoms. The second-order valence-corrected chi connectivity index (χ2v) is 4.04. The zero-order valence-electron chi connectivity index (χ0n) is 5.99. The minimum Gasteiger partial charge on any atom is -0.146 e.